The van der Waals surface area contributed by atoms with Gasteiger partial charge in [-0.25, -0.2) is 19.3 Å². The number of piperidine rings is 1. The van der Waals surface area contributed by atoms with Crippen LogP contribution in [0.5, 0.6) is 17.2 Å². The second kappa shape index (κ2) is 14.2. The number of carbonyl (C=O) groups excluding carboxylic acids is 1. The van der Waals surface area contributed by atoms with Gasteiger partial charge in [0, 0.05) is 68.4 Å². The van der Waals surface area contributed by atoms with Gasteiger partial charge in [0.25, 0.3) is 0 Å². The number of nitrogens with one attached hydrogen (secondary N) is 3. The van der Waals surface area contributed by atoms with Crippen LogP contribution in [0.3, 0.4) is 0 Å². The number of carbonyl (C=O) groups is 1. The maximum atomic E-state index is 15.3. The van der Waals surface area contributed by atoms with E-state index in [9.17, 15) is 4.79 Å². The van der Waals surface area contributed by atoms with Gasteiger partial charge in [-0.15, -0.1) is 0 Å². The zero-order valence-corrected chi connectivity index (χ0v) is 25.0. The predicted octanol–water partition coefficient (Wildman–Crippen LogP) is 5.21. The Hall–Kier alpha value is -5.72. The average Bonchev–Trinajstić information content (AvgIpc) is 3.06. The van der Waals surface area contributed by atoms with Crippen LogP contribution in [0.4, 0.5) is 27.4 Å². The highest BCUT2D eigenvalue weighted by atomic mass is 19.1. The molecule has 232 valence electrons. The summed E-state index contributed by atoms with van der Waals surface area (Å²) in [6, 6.07) is 11.7. The minimum atomic E-state index is -0.535. The molecule has 0 radical (unpaired) electrons. The molecule has 5 N–H and O–H groups in total. The number of hydrogen-bond acceptors (Lipinski definition) is 11. The monoisotopic (exact) mass is 611 g/mol. The minimum absolute atomic E-state index is 0.0621. The summed E-state index contributed by atoms with van der Waals surface area (Å²) in [7, 11) is 3.22. The van der Waals surface area contributed by atoms with Crippen LogP contribution >= 0.6 is 0 Å². The van der Waals surface area contributed by atoms with Crippen LogP contribution in [0, 0.1) is 5.82 Å². The molecule has 0 atom stereocenters. The van der Waals surface area contributed by atoms with Crippen molar-refractivity contribution in [1.82, 2.24) is 19.9 Å². The number of aromatic nitrogens is 3. The van der Waals surface area contributed by atoms with Gasteiger partial charge in [0.2, 0.25) is 5.91 Å². The Morgan fingerprint density at radius 2 is 1.91 bits per heavy atom. The van der Waals surface area contributed by atoms with E-state index in [-0.39, 0.29) is 17.6 Å². The van der Waals surface area contributed by atoms with Crippen molar-refractivity contribution in [3.05, 3.63) is 85.4 Å². The van der Waals surface area contributed by atoms with Crippen LogP contribution < -0.4 is 31.2 Å². The van der Waals surface area contributed by atoms with Crippen molar-refractivity contribution in [3.8, 4) is 17.2 Å². The van der Waals surface area contributed by atoms with E-state index in [4.69, 9.17) is 15.2 Å². The molecular weight excluding hydrogens is 577 g/mol. The molecular formula is C32H34FN9O3. The van der Waals surface area contributed by atoms with E-state index in [2.05, 4.69) is 42.5 Å². The van der Waals surface area contributed by atoms with Crippen LogP contribution in [0.25, 0.3) is 10.9 Å². The molecule has 1 fully saturated rings. The molecule has 3 heterocycles. The summed E-state index contributed by atoms with van der Waals surface area (Å²) in [6.45, 7) is 4.84. The fourth-order valence-electron chi connectivity index (χ4n) is 4.93. The van der Waals surface area contributed by atoms with Crippen molar-refractivity contribution in [2.45, 2.75) is 18.9 Å². The minimum Gasteiger partial charge on any atom is -0.495 e. The van der Waals surface area contributed by atoms with Crippen LogP contribution in [-0.2, 0) is 4.79 Å². The van der Waals surface area contributed by atoms with Crippen molar-refractivity contribution in [2.24, 2.45) is 10.7 Å². The predicted molar refractivity (Wildman–Crippen MR) is 174 cm³/mol. The van der Waals surface area contributed by atoms with Crippen molar-refractivity contribution < 1.29 is 18.7 Å². The van der Waals surface area contributed by atoms with Crippen molar-refractivity contribution in [1.29, 1.82) is 0 Å². The molecule has 0 aliphatic carbocycles. The number of rotatable bonds is 11. The number of nitrogens with two attached hydrogens (primary N) is 1. The maximum Gasteiger partial charge on any atom is 0.245 e. The standard InChI is InChI=1S/C32H34FN9O3/c1-4-31(43)42-11-8-20(9-12-42)39-28-15-24-27(16-29(28)44-3)37-19-38-32(24)41-26-6-5-22(13-25(26)33)45-23-7-10-36-30(14-23)40-21(17-34)18-35-2/h4-7,10,13-20,39H,1,8-9,11-12,34H2,2-3H3,(H,36,40)(H,37,38,41)/b21-17+,35-18?. The third-order valence-corrected chi connectivity index (χ3v) is 7.18. The Balaban J connectivity index is 1.32. The Kier molecular flexibility index (Phi) is 9.67. The van der Waals surface area contributed by atoms with Crippen LogP contribution in [0.1, 0.15) is 12.8 Å². The number of benzene rings is 2. The summed E-state index contributed by atoms with van der Waals surface area (Å²) in [5, 5.41) is 10.3. The lowest BCUT2D eigenvalue weighted by molar-refractivity contribution is -0.126. The van der Waals surface area contributed by atoms with Gasteiger partial charge in [-0.2, -0.15) is 0 Å². The molecule has 1 aliphatic rings. The first-order valence-corrected chi connectivity index (χ1v) is 14.2. The number of amides is 1. The summed E-state index contributed by atoms with van der Waals surface area (Å²) < 4.78 is 26.8. The average molecular weight is 612 g/mol. The molecule has 0 spiro atoms. The molecule has 2 aromatic carbocycles. The molecule has 1 aliphatic heterocycles. The number of anilines is 4. The molecule has 4 aromatic rings. The topological polar surface area (TPSA) is 152 Å². The van der Waals surface area contributed by atoms with Gasteiger partial charge in [-0.05, 0) is 43.2 Å². The summed E-state index contributed by atoms with van der Waals surface area (Å²) in [4.78, 5) is 30.7. The van der Waals surface area contributed by atoms with Gasteiger partial charge in [0.05, 0.1) is 29.7 Å². The maximum absolute atomic E-state index is 15.3. The van der Waals surface area contributed by atoms with E-state index >= 15 is 4.39 Å². The first-order chi connectivity index (χ1) is 21.9. The number of halogens is 1. The summed E-state index contributed by atoms with van der Waals surface area (Å²) in [5.74, 6) is 1.68. The molecule has 0 bridgehead atoms. The van der Waals surface area contributed by atoms with E-state index in [0.717, 1.165) is 18.5 Å². The van der Waals surface area contributed by atoms with Gasteiger partial charge in [0.15, 0.2) is 0 Å². The molecule has 5 rings (SSSR count). The van der Waals surface area contributed by atoms with Crippen molar-refractivity contribution in [2.75, 3.05) is 43.2 Å². The molecule has 0 saturated carbocycles. The summed E-state index contributed by atoms with van der Waals surface area (Å²) >= 11 is 0. The lowest BCUT2D eigenvalue weighted by Crippen LogP contribution is -2.41. The molecule has 0 unspecified atom stereocenters. The highest BCUT2D eigenvalue weighted by Crippen LogP contribution is 2.35. The van der Waals surface area contributed by atoms with Crippen molar-refractivity contribution >= 4 is 46.0 Å². The number of aliphatic imine (C=N–C) groups is 1. The summed E-state index contributed by atoms with van der Waals surface area (Å²) in [6.07, 6.45) is 8.79. The van der Waals surface area contributed by atoms with Gasteiger partial charge < -0.3 is 36.1 Å². The first kappa shape index (κ1) is 30.7. The first-order valence-electron chi connectivity index (χ1n) is 14.2. The van der Waals surface area contributed by atoms with E-state index in [1.165, 1.54) is 24.7 Å². The number of hydrogen-bond donors (Lipinski definition) is 4. The van der Waals surface area contributed by atoms with Gasteiger partial charge in [-0.3, -0.25) is 9.79 Å². The molecule has 1 amide bonds. The Morgan fingerprint density at radius 1 is 1.11 bits per heavy atom. The van der Waals surface area contributed by atoms with Crippen LogP contribution in [0.2, 0.25) is 0 Å². The Labute approximate surface area is 259 Å². The van der Waals surface area contributed by atoms with Crippen LogP contribution in [-0.4, -0.2) is 65.3 Å². The number of ether oxygens (including phenoxy) is 2. The number of nitrogens with zero attached hydrogens (tertiary/aromatic N) is 5. The SMILES string of the molecule is C=CC(=O)N1CCC(Nc2cc3c(Nc4ccc(Oc5ccnc(N/C(C=NC)=C/N)c5)cc4F)ncnc3cc2OC)CC1. The van der Waals surface area contributed by atoms with Gasteiger partial charge in [0.1, 0.15) is 41.0 Å². The highest BCUT2D eigenvalue weighted by Gasteiger charge is 2.23. The zero-order chi connectivity index (χ0) is 31.8. The highest BCUT2D eigenvalue weighted by molar-refractivity contribution is 5.95. The van der Waals surface area contributed by atoms with E-state index < -0.39 is 5.82 Å². The summed E-state index contributed by atoms with van der Waals surface area (Å²) in [5.41, 5.74) is 7.76. The van der Waals surface area contributed by atoms with Crippen LogP contribution in [0.15, 0.2) is 84.5 Å². The zero-order valence-electron chi connectivity index (χ0n) is 25.0. The molecule has 12 nitrogen and oxygen atoms in total. The molecule has 13 heteroatoms. The second-order valence-corrected chi connectivity index (χ2v) is 10.1. The van der Waals surface area contributed by atoms with Crippen molar-refractivity contribution in [3.63, 3.8) is 0 Å². The van der Waals surface area contributed by atoms with E-state index in [1.807, 2.05) is 12.1 Å². The van der Waals surface area contributed by atoms with Gasteiger partial charge in [-0.1, -0.05) is 6.58 Å². The number of fused-ring (bicyclic) bond motifs is 1. The second-order valence-electron chi connectivity index (χ2n) is 10.1. The van der Waals surface area contributed by atoms with Gasteiger partial charge >= 0.3 is 0 Å². The molecule has 1 saturated heterocycles. The number of pyridine rings is 1. The smallest absolute Gasteiger partial charge is 0.245 e. The number of allylic oxidation sites excluding steroid dienone is 1. The number of likely N-dealkylation sites (tertiary alicyclic amines) is 1. The lowest BCUT2D eigenvalue weighted by Gasteiger charge is -2.32. The third-order valence-electron chi connectivity index (χ3n) is 7.18. The largest absolute Gasteiger partial charge is 0.495 e. The lowest BCUT2D eigenvalue weighted by atomic mass is 10.0. The fourth-order valence-corrected chi connectivity index (χ4v) is 4.93. The van der Waals surface area contributed by atoms with E-state index in [1.54, 1.807) is 55.7 Å². The van der Waals surface area contributed by atoms with E-state index in [0.29, 0.717) is 58.6 Å². The Bertz CT molecular complexity index is 1750. The third kappa shape index (κ3) is 7.44. The molecule has 45 heavy (non-hydrogen) atoms. The fraction of sp³-hybridized carbons (Fsp3) is 0.219. The molecule has 2 aromatic heterocycles. The normalized spacial score (nSPS) is 13.9. The quantitative estimate of drug-likeness (QED) is 0.131. The number of methoxy groups -OCH3 is 1. The Morgan fingerprint density at radius 3 is 2.62 bits per heavy atom.